The molecule has 66 heavy (non-hydrogen) atoms. The van der Waals surface area contributed by atoms with Crippen molar-refractivity contribution in [2.24, 2.45) is 0 Å². The van der Waals surface area contributed by atoms with E-state index >= 15 is 0 Å². The molecule has 0 aliphatic heterocycles. The molecule has 0 fully saturated rings. The number of amides is 1. The van der Waals surface area contributed by atoms with Crippen molar-refractivity contribution >= 4 is 19.7 Å². The molecule has 2 unspecified atom stereocenters. The average molecular weight is 952 g/mol. The first-order valence-electron chi connectivity index (χ1n) is 28.0. The van der Waals surface area contributed by atoms with Crippen LogP contribution in [0.2, 0.25) is 0 Å². The van der Waals surface area contributed by atoms with Gasteiger partial charge < -0.3 is 20.1 Å². The van der Waals surface area contributed by atoms with Crippen LogP contribution < -0.4 is 5.32 Å². The van der Waals surface area contributed by atoms with Crippen molar-refractivity contribution in [3.63, 3.8) is 0 Å². The molecule has 2 atom stereocenters. The molecular weight excluding hydrogens is 846 g/mol. The van der Waals surface area contributed by atoms with E-state index in [4.69, 9.17) is 13.8 Å². The molecule has 0 saturated heterocycles. The maximum absolute atomic E-state index is 12.2. The number of hydrogen-bond donors (Lipinski definition) is 3. The number of rotatable bonds is 53. The normalized spacial score (nSPS) is 13.3. The lowest BCUT2D eigenvalue weighted by Crippen LogP contribution is -2.27. The van der Waals surface area contributed by atoms with Gasteiger partial charge in [0.25, 0.3) is 0 Å². The summed E-state index contributed by atoms with van der Waals surface area (Å²) in [4.78, 5) is 34.2. The summed E-state index contributed by atoms with van der Waals surface area (Å²) in [5.74, 6) is -0.509. The van der Waals surface area contributed by atoms with E-state index in [0.29, 0.717) is 6.42 Å². The van der Waals surface area contributed by atoms with Crippen LogP contribution in [0.25, 0.3) is 0 Å². The molecule has 0 heterocycles. The zero-order chi connectivity index (χ0) is 48.1. The fraction of sp³-hybridized carbons (Fsp3) is 0.857. The number of phosphoric ester groups is 1. The van der Waals surface area contributed by atoms with Crippen molar-refractivity contribution in [1.82, 2.24) is 5.32 Å². The monoisotopic (exact) mass is 952 g/mol. The molecule has 0 radical (unpaired) electrons. The van der Waals surface area contributed by atoms with E-state index in [2.05, 4.69) is 55.6 Å². The van der Waals surface area contributed by atoms with E-state index in [1.807, 2.05) is 0 Å². The molecule has 0 spiro atoms. The Morgan fingerprint density at radius 1 is 0.470 bits per heavy atom. The fourth-order valence-corrected chi connectivity index (χ4v) is 8.85. The number of carbonyl (C=O) groups is 2. The van der Waals surface area contributed by atoms with Crippen LogP contribution in [0.3, 0.4) is 0 Å². The Balaban J connectivity index is 3.52. The van der Waals surface area contributed by atoms with Crippen molar-refractivity contribution in [2.45, 2.75) is 283 Å². The molecule has 0 aromatic carbocycles. The van der Waals surface area contributed by atoms with Crippen molar-refractivity contribution < 1.29 is 37.9 Å². The van der Waals surface area contributed by atoms with Gasteiger partial charge in [0.1, 0.15) is 12.7 Å². The lowest BCUT2D eigenvalue weighted by Gasteiger charge is -2.15. The lowest BCUT2D eigenvalue weighted by atomic mass is 10.0. The third-order valence-electron chi connectivity index (χ3n) is 12.3. The molecule has 0 aliphatic carbocycles. The molecule has 388 valence electrons. The van der Waals surface area contributed by atoms with E-state index < -0.39 is 26.5 Å². The summed E-state index contributed by atoms with van der Waals surface area (Å²) in [7, 11) is -4.42. The molecule has 3 N–H and O–H groups in total. The van der Waals surface area contributed by atoms with Gasteiger partial charge in [-0.1, -0.05) is 249 Å². The summed E-state index contributed by atoms with van der Waals surface area (Å²) in [6, 6.07) is 0. The maximum Gasteiger partial charge on any atom is 0.472 e. The Morgan fingerprint density at radius 3 is 1.26 bits per heavy atom. The van der Waals surface area contributed by atoms with Gasteiger partial charge >= 0.3 is 13.8 Å². The van der Waals surface area contributed by atoms with Crippen LogP contribution in [0.5, 0.6) is 0 Å². The van der Waals surface area contributed by atoms with Crippen LogP contribution in [-0.4, -0.2) is 54.3 Å². The minimum atomic E-state index is -4.42. The number of esters is 1. The van der Waals surface area contributed by atoms with Crippen LogP contribution in [0.4, 0.5) is 0 Å². The number of allylic oxidation sites excluding steroid dienone is 6. The third kappa shape index (κ3) is 53.2. The Labute approximate surface area is 407 Å². The second kappa shape index (κ2) is 52.6. The predicted octanol–water partition coefficient (Wildman–Crippen LogP) is 16.8. The number of ether oxygens (including phenoxy) is 1. The molecule has 9 nitrogen and oxygen atoms in total. The summed E-state index contributed by atoms with van der Waals surface area (Å²) in [5, 5.41) is 12.8. The van der Waals surface area contributed by atoms with Crippen LogP contribution in [0, 0.1) is 0 Å². The summed E-state index contributed by atoms with van der Waals surface area (Å²) < 4.78 is 27.1. The van der Waals surface area contributed by atoms with E-state index in [1.165, 1.54) is 199 Å². The second-order valence-corrected chi connectivity index (χ2v) is 20.4. The van der Waals surface area contributed by atoms with Gasteiger partial charge in [0.2, 0.25) is 5.91 Å². The highest BCUT2D eigenvalue weighted by molar-refractivity contribution is 7.47. The molecule has 0 aliphatic rings. The third-order valence-corrected chi connectivity index (χ3v) is 13.3. The predicted molar refractivity (Wildman–Crippen MR) is 280 cm³/mol. The minimum Gasteiger partial charge on any atom is -0.463 e. The summed E-state index contributed by atoms with van der Waals surface area (Å²) in [5.41, 5.74) is 0. The van der Waals surface area contributed by atoms with Crippen LogP contribution in [-0.2, 0) is 27.9 Å². The maximum atomic E-state index is 12.2. The standard InChI is InChI=1S/C56H106NO8P/c1-3-5-7-9-11-13-15-17-19-21-23-25-27-28-30-32-34-36-38-40-42-44-46-48-55(59)57-50-51-64-66(61,62)65-53-54(58)52-63-56(60)49-47-45-43-41-39-37-35-33-31-29-26-24-22-20-18-16-14-12-10-8-6-4-2/h11,13,17,19,23,25,54,58H,3-10,12,14-16,18,20-22,24,26-53H2,1-2H3,(H,57,59)(H,61,62)/b13-11-,19-17-,25-23-. The van der Waals surface area contributed by atoms with Gasteiger partial charge in [-0.3, -0.25) is 18.6 Å². The van der Waals surface area contributed by atoms with Crippen LogP contribution in [0.15, 0.2) is 36.5 Å². The van der Waals surface area contributed by atoms with Gasteiger partial charge in [0, 0.05) is 19.4 Å². The summed E-state index contributed by atoms with van der Waals surface area (Å²) in [6.45, 7) is 3.58. The van der Waals surface area contributed by atoms with Gasteiger partial charge in [-0.2, -0.15) is 0 Å². The van der Waals surface area contributed by atoms with Crippen molar-refractivity contribution in [2.75, 3.05) is 26.4 Å². The largest absolute Gasteiger partial charge is 0.472 e. The second-order valence-electron chi connectivity index (χ2n) is 18.9. The number of phosphoric acid groups is 1. The Kier molecular flexibility index (Phi) is 51.2. The lowest BCUT2D eigenvalue weighted by molar-refractivity contribution is -0.147. The van der Waals surface area contributed by atoms with Gasteiger partial charge in [0.05, 0.1) is 13.2 Å². The topological polar surface area (TPSA) is 131 Å². The van der Waals surface area contributed by atoms with Crippen LogP contribution in [0.1, 0.15) is 277 Å². The van der Waals surface area contributed by atoms with Gasteiger partial charge in [-0.25, -0.2) is 4.57 Å². The molecule has 0 rings (SSSR count). The Morgan fingerprint density at radius 2 is 0.818 bits per heavy atom. The zero-order valence-electron chi connectivity index (χ0n) is 43.2. The van der Waals surface area contributed by atoms with E-state index in [-0.39, 0.29) is 32.1 Å². The number of aliphatic hydroxyl groups is 1. The first-order chi connectivity index (χ1) is 32.3. The summed E-state index contributed by atoms with van der Waals surface area (Å²) in [6.07, 6.45) is 62.3. The molecule has 0 bridgehead atoms. The van der Waals surface area contributed by atoms with E-state index in [9.17, 15) is 24.2 Å². The average Bonchev–Trinajstić information content (AvgIpc) is 3.31. The number of unbranched alkanes of at least 4 members (excludes halogenated alkanes) is 34. The quantitative estimate of drug-likeness (QED) is 0.0238. The number of nitrogens with one attached hydrogen (secondary N) is 1. The SMILES string of the molecule is CCCCC/C=C\C/C=C\C/C=C\CCCCCCCCCCCCC(=O)NCCOP(=O)(O)OCC(O)COC(=O)CCCCCCCCCCCCCCCCCCCCCCCC. The molecule has 0 aromatic heterocycles. The first-order valence-corrected chi connectivity index (χ1v) is 29.5. The molecule has 0 aromatic rings. The molecule has 0 saturated carbocycles. The van der Waals surface area contributed by atoms with Gasteiger partial charge in [-0.15, -0.1) is 0 Å². The fourth-order valence-electron chi connectivity index (χ4n) is 8.10. The Bertz CT molecular complexity index is 1180. The summed E-state index contributed by atoms with van der Waals surface area (Å²) >= 11 is 0. The molecular formula is C56H106NO8P. The highest BCUT2D eigenvalue weighted by Crippen LogP contribution is 2.42. The first kappa shape index (κ1) is 64.2. The number of hydrogen-bond acceptors (Lipinski definition) is 7. The van der Waals surface area contributed by atoms with E-state index in [1.54, 1.807) is 0 Å². The Hall–Kier alpha value is -1.77. The highest BCUT2D eigenvalue weighted by Gasteiger charge is 2.23. The van der Waals surface area contributed by atoms with Gasteiger partial charge in [0.15, 0.2) is 0 Å². The smallest absolute Gasteiger partial charge is 0.463 e. The van der Waals surface area contributed by atoms with Crippen molar-refractivity contribution in [3.05, 3.63) is 36.5 Å². The van der Waals surface area contributed by atoms with Crippen molar-refractivity contribution in [1.29, 1.82) is 0 Å². The minimum absolute atomic E-state index is 0.0808. The number of carbonyl (C=O) groups excluding carboxylic acids is 2. The van der Waals surface area contributed by atoms with Crippen LogP contribution >= 0.6 is 7.82 Å². The number of aliphatic hydroxyl groups excluding tert-OH is 1. The van der Waals surface area contributed by atoms with E-state index in [0.717, 1.165) is 51.4 Å². The van der Waals surface area contributed by atoms with Gasteiger partial charge in [-0.05, 0) is 51.4 Å². The molecule has 10 heteroatoms. The zero-order valence-corrected chi connectivity index (χ0v) is 44.0. The highest BCUT2D eigenvalue weighted by atomic mass is 31.2. The molecule has 1 amide bonds. The van der Waals surface area contributed by atoms with Crippen molar-refractivity contribution in [3.8, 4) is 0 Å².